The third-order valence-corrected chi connectivity index (χ3v) is 3.42. The van der Waals surface area contributed by atoms with Crippen molar-refractivity contribution >= 4 is 17.3 Å². The summed E-state index contributed by atoms with van der Waals surface area (Å²) in [4.78, 5) is 24.5. The van der Waals surface area contributed by atoms with Gasteiger partial charge >= 0.3 is 0 Å². The van der Waals surface area contributed by atoms with Crippen LogP contribution in [0.15, 0.2) is 18.2 Å². The molecule has 1 aromatic rings. The number of nitro benzene ring substituents is 1. The van der Waals surface area contributed by atoms with E-state index in [2.05, 4.69) is 10.6 Å². The molecule has 7 nitrogen and oxygen atoms in total. The number of amides is 1. The average molecular weight is 292 g/mol. The molecule has 2 N–H and O–H groups in total. The number of benzene rings is 1. The van der Waals surface area contributed by atoms with E-state index in [0.717, 1.165) is 12.8 Å². The Labute approximate surface area is 123 Å². The Balaban J connectivity index is 2.18. The predicted octanol–water partition coefficient (Wildman–Crippen LogP) is 1.46. The van der Waals surface area contributed by atoms with Crippen molar-refractivity contribution in [3.63, 3.8) is 0 Å². The predicted molar refractivity (Wildman–Crippen MR) is 80.6 cm³/mol. The van der Waals surface area contributed by atoms with Gasteiger partial charge in [0.25, 0.3) is 11.6 Å². The molecule has 1 aliphatic rings. The summed E-state index contributed by atoms with van der Waals surface area (Å²) >= 11 is 0. The lowest BCUT2D eigenvalue weighted by atomic mass is 10.1. The zero-order valence-electron chi connectivity index (χ0n) is 12.3. The first kappa shape index (κ1) is 15.2. The van der Waals surface area contributed by atoms with E-state index < -0.39 is 4.92 Å². The molecule has 1 amide bonds. The third kappa shape index (κ3) is 3.91. The quantitative estimate of drug-likeness (QED) is 0.587. The van der Waals surface area contributed by atoms with Gasteiger partial charge in [0, 0.05) is 37.8 Å². The Morgan fingerprint density at radius 1 is 1.48 bits per heavy atom. The van der Waals surface area contributed by atoms with Gasteiger partial charge in [0.15, 0.2) is 0 Å². The van der Waals surface area contributed by atoms with Crippen LogP contribution in [0.5, 0.6) is 0 Å². The minimum absolute atomic E-state index is 0.0465. The van der Waals surface area contributed by atoms with Crippen molar-refractivity contribution in [3.05, 3.63) is 33.9 Å². The topological polar surface area (TPSA) is 87.5 Å². The van der Waals surface area contributed by atoms with Crippen molar-refractivity contribution in [2.24, 2.45) is 0 Å². The molecular formula is C14H20N4O3. The van der Waals surface area contributed by atoms with Gasteiger partial charge in [0.05, 0.1) is 4.92 Å². The lowest BCUT2D eigenvalue weighted by molar-refractivity contribution is -0.384. The van der Waals surface area contributed by atoms with Crippen LogP contribution in [0, 0.1) is 10.1 Å². The average Bonchev–Trinajstić information content (AvgIpc) is 3.28. The zero-order chi connectivity index (χ0) is 15.4. The molecule has 0 radical (unpaired) electrons. The summed E-state index contributed by atoms with van der Waals surface area (Å²) in [5, 5.41) is 17.2. The number of hydrogen-bond acceptors (Lipinski definition) is 5. The molecule has 1 aromatic carbocycles. The molecule has 0 atom stereocenters. The summed E-state index contributed by atoms with van der Waals surface area (Å²) < 4.78 is 0. The maximum atomic E-state index is 12.2. The molecule has 0 aliphatic heterocycles. The summed E-state index contributed by atoms with van der Waals surface area (Å²) in [7, 11) is 3.49. The number of nitrogens with zero attached hydrogens (tertiary/aromatic N) is 2. The number of rotatable bonds is 7. The second-order valence-electron chi connectivity index (χ2n) is 5.24. The van der Waals surface area contributed by atoms with Crippen molar-refractivity contribution in [1.82, 2.24) is 10.2 Å². The highest BCUT2D eigenvalue weighted by atomic mass is 16.6. The summed E-state index contributed by atoms with van der Waals surface area (Å²) in [6.07, 6.45) is 2.06. The van der Waals surface area contributed by atoms with E-state index in [1.54, 1.807) is 24.1 Å². The number of likely N-dealkylation sites (N-methyl/N-ethyl adjacent to an activating group) is 2. The lowest BCUT2D eigenvalue weighted by Crippen LogP contribution is -2.32. The van der Waals surface area contributed by atoms with Gasteiger partial charge < -0.3 is 15.5 Å². The van der Waals surface area contributed by atoms with Gasteiger partial charge in [-0.05, 0) is 32.0 Å². The molecule has 1 fully saturated rings. The van der Waals surface area contributed by atoms with E-state index in [-0.39, 0.29) is 11.6 Å². The maximum absolute atomic E-state index is 12.2. The van der Waals surface area contributed by atoms with Crippen molar-refractivity contribution in [2.45, 2.75) is 18.9 Å². The Bertz CT molecular complexity index is 543. The van der Waals surface area contributed by atoms with Gasteiger partial charge in [-0.2, -0.15) is 0 Å². The van der Waals surface area contributed by atoms with Crippen molar-refractivity contribution < 1.29 is 9.72 Å². The Morgan fingerprint density at radius 2 is 2.19 bits per heavy atom. The van der Waals surface area contributed by atoms with E-state index >= 15 is 0 Å². The standard InChI is InChI=1S/C14H20N4O3/c1-15-7-8-17(2)14(19)10-3-6-12(16-11-4-5-11)13(9-10)18(20)21/h3,6,9,11,15-16H,4-5,7-8H2,1-2H3. The molecule has 1 saturated carbocycles. The van der Waals surface area contributed by atoms with Gasteiger partial charge in [-0.1, -0.05) is 0 Å². The number of hydrogen-bond donors (Lipinski definition) is 2. The fourth-order valence-corrected chi connectivity index (χ4v) is 1.99. The summed E-state index contributed by atoms with van der Waals surface area (Å²) in [6.45, 7) is 1.22. The molecule has 21 heavy (non-hydrogen) atoms. The highest BCUT2D eigenvalue weighted by Crippen LogP contribution is 2.31. The molecule has 2 rings (SSSR count). The van der Waals surface area contributed by atoms with E-state index in [4.69, 9.17) is 0 Å². The van der Waals surface area contributed by atoms with E-state index in [1.807, 2.05) is 7.05 Å². The fourth-order valence-electron chi connectivity index (χ4n) is 1.99. The third-order valence-electron chi connectivity index (χ3n) is 3.42. The fraction of sp³-hybridized carbons (Fsp3) is 0.500. The van der Waals surface area contributed by atoms with Crippen LogP contribution in [0.1, 0.15) is 23.2 Å². The molecule has 0 heterocycles. The van der Waals surface area contributed by atoms with E-state index in [1.165, 1.54) is 6.07 Å². The minimum Gasteiger partial charge on any atom is -0.377 e. The van der Waals surface area contributed by atoms with Gasteiger partial charge in [-0.15, -0.1) is 0 Å². The normalized spacial score (nSPS) is 13.8. The first-order valence-electron chi connectivity index (χ1n) is 6.98. The molecule has 0 saturated heterocycles. The van der Waals surface area contributed by atoms with Gasteiger partial charge in [0.1, 0.15) is 5.69 Å². The molecule has 114 valence electrons. The SMILES string of the molecule is CNCCN(C)C(=O)c1ccc(NC2CC2)c([N+](=O)[O-])c1. The second-order valence-corrected chi connectivity index (χ2v) is 5.24. The van der Waals surface area contributed by atoms with Crippen LogP contribution in [0.3, 0.4) is 0 Å². The van der Waals surface area contributed by atoms with E-state index in [0.29, 0.717) is 30.4 Å². The molecule has 0 aromatic heterocycles. The minimum atomic E-state index is -0.449. The maximum Gasteiger partial charge on any atom is 0.293 e. The van der Waals surface area contributed by atoms with Gasteiger partial charge in [0.2, 0.25) is 0 Å². The second kappa shape index (κ2) is 6.53. The van der Waals surface area contributed by atoms with Crippen LogP contribution in [0.25, 0.3) is 0 Å². The van der Waals surface area contributed by atoms with Crippen LogP contribution >= 0.6 is 0 Å². The first-order valence-corrected chi connectivity index (χ1v) is 6.98. The van der Waals surface area contributed by atoms with Crippen molar-refractivity contribution in [1.29, 1.82) is 0 Å². The highest BCUT2D eigenvalue weighted by Gasteiger charge is 2.26. The number of nitro groups is 1. The van der Waals surface area contributed by atoms with Crippen molar-refractivity contribution in [2.75, 3.05) is 32.5 Å². The molecule has 0 spiro atoms. The number of carbonyl (C=O) groups excluding carboxylic acids is 1. The molecule has 7 heteroatoms. The zero-order valence-corrected chi connectivity index (χ0v) is 12.3. The molecule has 0 unspecified atom stereocenters. The van der Waals surface area contributed by atoms with Crippen LogP contribution < -0.4 is 10.6 Å². The number of anilines is 1. The van der Waals surface area contributed by atoms with Gasteiger partial charge in [-0.25, -0.2) is 0 Å². The molecular weight excluding hydrogens is 272 g/mol. The van der Waals surface area contributed by atoms with Crippen LogP contribution in [0.2, 0.25) is 0 Å². The van der Waals surface area contributed by atoms with Crippen LogP contribution in [-0.4, -0.2) is 49.0 Å². The van der Waals surface area contributed by atoms with Crippen molar-refractivity contribution in [3.8, 4) is 0 Å². The molecule has 1 aliphatic carbocycles. The Hall–Kier alpha value is -2.15. The Morgan fingerprint density at radius 3 is 2.76 bits per heavy atom. The summed E-state index contributed by atoms with van der Waals surface area (Å²) in [5.74, 6) is -0.216. The number of nitrogens with one attached hydrogen (secondary N) is 2. The van der Waals surface area contributed by atoms with Crippen LogP contribution in [-0.2, 0) is 0 Å². The van der Waals surface area contributed by atoms with Crippen LogP contribution in [0.4, 0.5) is 11.4 Å². The summed E-state index contributed by atoms with van der Waals surface area (Å²) in [6, 6.07) is 4.93. The van der Waals surface area contributed by atoms with Gasteiger partial charge in [-0.3, -0.25) is 14.9 Å². The Kier molecular flexibility index (Phi) is 4.74. The highest BCUT2D eigenvalue weighted by molar-refractivity contribution is 5.95. The number of carbonyl (C=O) groups is 1. The summed E-state index contributed by atoms with van der Waals surface area (Å²) in [5.41, 5.74) is 0.772. The lowest BCUT2D eigenvalue weighted by Gasteiger charge is -2.17. The smallest absolute Gasteiger partial charge is 0.293 e. The molecule has 0 bridgehead atoms. The monoisotopic (exact) mass is 292 g/mol. The van der Waals surface area contributed by atoms with E-state index in [9.17, 15) is 14.9 Å². The largest absolute Gasteiger partial charge is 0.377 e. The first-order chi connectivity index (χ1) is 10.0.